The zero-order chi connectivity index (χ0) is 18.1. The molecule has 136 valence electrons. The number of nitrogens with zero attached hydrogens (tertiary/aromatic N) is 3. The summed E-state index contributed by atoms with van der Waals surface area (Å²) >= 11 is 1.68. The predicted molar refractivity (Wildman–Crippen MR) is 103 cm³/mol. The minimum atomic E-state index is 0.127. The summed E-state index contributed by atoms with van der Waals surface area (Å²) in [5, 5.41) is 9.81. The molecule has 0 radical (unpaired) electrons. The molecule has 0 spiro atoms. The van der Waals surface area contributed by atoms with Crippen molar-refractivity contribution in [3.63, 3.8) is 0 Å². The lowest BCUT2D eigenvalue weighted by Gasteiger charge is -2.11. The van der Waals surface area contributed by atoms with E-state index in [-0.39, 0.29) is 6.10 Å². The first-order valence-electron chi connectivity index (χ1n) is 8.61. The molecule has 0 aliphatic rings. The van der Waals surface area contributed by atoms with E-state index < -0.39 is 0 Å². The second-order valence-electron chi connectivity index (χ2n) is 5.90. The molecule has 0 saturated heterocycles. The molecule has 2 aromatic rings. The Bertz CT molecular complexity index is 666. The van der Waals surface area contributed by atoms with E-state index in [9.17, 15) is 0 Å². The Balaban J connectivity index is 1.85. The van der Waals surface area contributed by atoms with Gasteiger partial charge in [0.05, 0.1) is 23.4 Å². The fraction of sp³-hybridized carbons (Fsp3) is 0.500. The summed E-state index contributed by atoms with van der Waals surface area (Å²) in [7, 11) is 0. The topological polar surface area (TPSA) is 71.4 Å². The Morgan fingerprint density at radius 3 is 2.76 bits per heavy atom. The summed E-state index contributed by atoms with van der Waals surface area (Å²) in [5.41, 5.74) is 2.17. The second kappa shape index (κ2) is 9.98. The van der Waals surface area contributed by atoms with Crippen molar-refractivity contribution in [2.24, 2.45) is 4.99 Å². The van der Waals surface area contributed by atoms with Crippen molar-refractivity contribution in [1.29, 1.82) is 0 Å². The van der Waals surface area contributed by atoms with Crippen molar-refractivity contribution in [2.45, 2.75) is 46.8 Å². The van der Waals surface area contributed by atoms with Crippen LogP contribution < -0.4 is 15.4 Å². The monoisotopic (exact) mass is 361 g/mol. The van der Waals surface area contributed by atoms with Gasteiger partial charge in [-0.25, -0.2) is 15.0 Å². The van der Waals surface area contributed by atoms with Crippen LogP contribution in [0, 0.1) is 6.92 Å². The Morgan fingerprint density at radius 1 is 1.32 bits per heavy atom. The number of hydrogen-bond acceptors (Lipinski definition) is 5. The summed E-state index contributed by atoms with van der Waals surface area (Å²) in [5.74, 6) is 1.45. The molecule has 7 heteroatoms. The fourth-order valence-electron chi connectivity index (χ4n) is 2.16. The second-order valence-corrected chi connectivity index (χ2v) is 6.96. The Labute approximate surface area is 153 Å². The van der Waals surface area contributed by atoms with E-state index in [0.717, 1.165) is 41.7 Å². The van der Waals surface area contributed by atoms with Gasteiger partial charge in [0.2, 0.25) is 5.88 Å². The molecule has 0 aromatic carbocycles. The van der Waals surface area contributed by atoms with Gasteiger partial charge in [0.15, 0.2) is 5.96 Å². The van der Waals surface area contributed by atoms with Crippen LogP contribution in [0.3, 0.4) is 0 Å². The molecule has 2 aromatic heterocycles. The first-order chi connectivity index (χ1) is 12.1. The van der Waals surface area contributed by atoms with Gasteiger partial charge in [-0.2, -0.15) is 0 Å². The van der Waals surface area contributed by atoms with E-state index in [1.807, 2.05) is 39.1 Å². The molecular weight excluding hydrogens is 334 g/mol. The van der Waals surface area contributed by atoms with Crippen LogP contribution in [0.2, 0.25) is 0 Å². The Kier molecular flexibility index (Phi) is 7.66. The molecule has 2 rings (SSSR count). The lowest BCUT2D eigenvalue weighted by molar-refractivity contribution is 0.232. The molecule has 2 heterocycles. The molecule has 2 N–H and O–H groups in total. The quantitative estimate of drug-likeness (QED) is 0.559. The smallest absolute Gasteiger partial charge is 0.213 e. The highest BCUT2D eigenvalue weighted by Gasteiger charge is 2.02. The maximum Gasteiger partial charge on any atom is 0.213 e. The normalized spacial score (nSPS) is 11.6. The largest absolute Gasteiger partial charge is 0.475 e. The number of aliphatic imine (C=N–C) groups is 1. The molecule has 0 unspecified atom stereocenters. The number of ether oxygens (including phenoxy) is 1. The van der Waals surface area contributed by atoms with Gasteiger partial charge in [0, 0.05) is 37.2 Å². The van der Waals surface area contributed by atoms with Crippen molar-refractivity contribution in [3.8, 4) is 5.88 Å². The van der Waals surface area contributed by atoms with E-state index in [4.69, 9.17) is 4.74 Å². The molecular formula is C18H27N5OS. The van der Waals surface area contributed by atoms with Crippen LogP contribution >= 0.6 is 11.3 Å². The molecule has 0 atom stereocenters. The standard InChI is InChI=1S/C18H27N5OS/c1-5-19-18(20-9-8-16-12-25-14(4)23-16)22-11-15-6-7-17(21-10-15)24-13(2)3/h6-7,10,12-13H,5,8-9,11H2,1-4H3,(H2,19,20,22). The molecule has 6 nitrogen and oxygen atoms in total. The van der Waals surface area contributed by atoms with Gasteiger partial charge >= 0.3 is 0 Å². The molecule has 25 heavy (non-hydrogen) atoms. The van der Waals surface area contributed by atoms with Crippen LogP contribution in [0.4, 0.5) is 0 Å². The maximum absolute atomic E-state index is 5.55. The summed E-state index contributed by atoms with van der Waals surface area (Å²) in [6.45, 7) is 10.2. The third-order valence-electron chi connectivity index (χ3n) is 3.26. The predicted octanol–water partition coefficient (Wildman–Crippen LogP) is 2.93. The summed E-state index contributed by atoms with van der Waals surface area (Å²) < 4.78 is 5.55. The Morgan fingerprint density at radius 2 is 2.16 bits per heavy atom. The fourth-order valence-corrected chi connectivity index (χ4v) is 2.81. The van der Waals surface area contributed by atoms with E-state index in [0.29, 0.717) is 12.4 Å². The van der Waals surface area contributed by atoms with E-state index in [2.05, 4.69) is 37.9 Å². The molecule has 0 aliphatic carbocycles. The summed E-state index contributed by atoms with van der Waals surface area (Å²) in [6, 6.07) is 3.88. The number of rotatable bonds is 8. The molecule has 0 aliphatic heterocycles. The van der Waals surface area contributed by atoms with Gasteiger partial charge < -0.3 is 15.4 Å². The molecule has 0 bridgehead atoms. The molecule has 0 saturated carbocycles. The highest BCUT2D eigenvalue weighted by atomic mass is 32.1. The van der Waals surface area contributed by atoms with Gasteiger partial charge in [-0.05, 0) is 33.3 Å². The first kappa shape index (κ1) is 19.2. The number of aromatic nitrogens is 2. The lowest BCUT2D eigenvalue weighted by Crippen LogP contribution is -2.38. The van der Waals surface area contributed by atoms with Crippen molar-refractivity contribution in [2.75, 3.05) is 13.1 Å². The number of pyridine rings is 1. The van der Waals surface area contributed by atoms with E-state index in [1.165, 1.54) is 0 Å². The number of guanidine groups is 1. The van der Waals surface area contributed by atoms with Gasteiger partial charge in [-0.15, -0.1) is 11.3 Å². The zero-order valence-electron chi connectivity index (χ0n) is 15.4. The van der Waals surface area contributed by atoms with Crippen LogP contribution in [-0.2, 0) is 13.0 Å². The highest BCUT2D eigenvalue weighted by molar-refractivity contribution is 7.09. The lowest BCUT2D eigenvalue weighted by atomic mass is 10.3. The minimum absolute atomic E-state index is 0.127. The highest BCUT2D eigenvalue weighted by Crippen LogP contribution is 2.10. The number of aryl methyl sites for hydroxylation is 1. The number of hydrogen-bond donors (Lipinski definition) is 2. The zero-order valence-corrected chi connectivity index (χ0v) is 16.2. The van der Waals surface area contributed by atoms with E-state index in [1.54, 1.807) is 11.3 Å². The maximum atomic E-state index is 5.55. The average molecular weight is 362 g/mol. The third kappa shape index (κ3) is 7.09. The van der Waals surface area contributed by atoms with Crippen LogP contribution in [0.15, 0.2) is 28.7 Å². The van der Waals surface area contributed by atoms with E-state index >= 15 is 0 Å². The van der Waals surface area contributed by atoms with Gasteiger partial charge in [0.1, 0.15) is 0 Å². The van der Waals surface area contributed by atoms with Gasteiger partial charge in [-0.3, -0.25) is 0 Å². The van der Waals surface area contributed by atoms with Crippen molar-refractivity contribution in [3.05, 3.63) is 40.0 Å². The average Bonchev–Trinajstić information content (AvgIpc) is 2.99. The SMILES string of the molecule is CCNC(=NCc1ccc(OC(C)C)nc1)NCCc1csc(C)n1. The van der Waals surface area contributed by atoms with Crippen LogP contribution in [0.1, 0.15) is 37.0 Å². The van der Waals surface area contributed by atoms with Crippen LogP contribution in [0.25, 0.3) is 0 Å². The first-order valence-corrected chi connectivity index (χ1v) is 9.49. The number of nitrogens with one attached hydrogen (secondary N) is 2. The van der Waals surface area contributed by atoms with Gasteiger partial charge in [-0.1, -0.05) is 6.07 Å². The van der Waals surface area contributed by atoms with Crippen molar-refractivity contribution < 1.29 is 4.74 Å². The summed E-state index contributed by atoms with van der Waals surface area (Å²) in [4.78, 5) is 13.4. The Hall–Kier alpha value is -2.15. The molecule has 0 fully saturated rings. The van der Waals surface area contributed by atoms with Gasteiger partial charge in [0.25, 0.3) is 0 Å². The molecule has 0 amide bonds. The van der Waals surface area contributed by atoms with Crippen LogP contribution in [-0.4, -0.2) is 35.1 Å². The minimum Gasteiger partial charge on any atom is -0.475 e. The number of thiazole rings is 1. The summed E-state index contributed by atoms with van der Waals surface area (Å²) in [6.07, 6.45) is 2.82. The van der Waals surface area contributed by atoms with Crippen molar-refractivity contribution in [1.82, 2.24) is 20.6 Å². The van der Waals surface area contributed by atoms with Crippen molar-refractivity contribution >= 4 is 17.3 Å². The van der Waals surface area contributed by atoms with Crippen LogP contribution in [0.5, 0.6) is 5.88 Å². The third-order valence-corrected chi connectivity index (χ3v) is 4.08.